The van der Waals surface area contributed by atoms with Crippen molar-refractivity contribution in [1.82, 2.24) is 14.8 Å². The topological polar surface area (TPSA) is 63.4 Å². The van der Waals surface area contributed by atoms with Crippen molar-refractivity contribution in [3.05, 3.63) is 5.82 Å². The van der Waals surface area contributed by atoms with Crippen LogP contribution in [0.4, 0.5) is 5.95 Å². The van der Waals surface area contributed by atoms with Gasteiger partial charge < -0.3 is 14.7 Å². The van der Waals surface area contributed by atoms with E-state index in [2.05, 4.69) is 22.1 Å². The van der Waals surface area contributed by atoms with E-state index in [-0.39, 0.29) is 0 Å². The Kier molecular flexibility index (Phi) is 4.76. The Balaban J connectivity index is 2.22. The van der Waals surface area contributed by atoms with Gasteiger partial charge in [0.05, 0.1) is 13.2 Å². The Morgan fingerprint density at radius 1 is 1.47 bits per heavy atom. The zero-order valence-electron chi connectivity index (χ0n) is 12.0. The van der Waals surface area contributed by atoms with Crippen molar-refractivity contribution < 1.29 is 9.84 Å². The Hall–Kier alpha value is -1.14. The Morgan fingerprint density at radius 2 is 2.21 bits per heavy atom. The second-order valence-corrected chi connectivity index (χ2v) is 5.12. The summed E-state index contributed by atoms with van der Waals surface area (Å²) in [5.41, 5.74) is 0. The molecule has 1 unspecified atom stereocenters. The molecule has 1 aromatic rings. The number of rotatable bonds is 7. The molecule has 0 radical (unpaired) electrons. The summed E-state index contributed by atoms with van der Waals surface area (Å²) < 4.78 is 7.12. The van der Waals surface area contributed by atoms with Gasteiger partial charge in [-0.15, -0.1) is 10.2 Å². The first-order chi connectivity index (χ1) is 9.19. The van der Waals surface area contributed by atoms with Gasteiger partial charge in [0.25, 0.3) is 0 Å². The quantitative estimate of drug-likeness (QED) is 0.809. The van der Waals surface area contributed by atoms with Crippen molar-refractivity contribution >= 4 is 5.95 Å². The zero-order chi connectivity index (χ0) is 13.8. The van der Waals surface area contributed by atoms with Crippen LogP contribution in [0.15, 0.2) is 0 Å². The van der Waals surface area contributed by atoms with Gasteiger partial charge in [-0.3, -0.25) is 4.57 Å². The molecule has 1 fully saturated rings. The van der Waals surface area contributed by atoms with Crippen LogP contribution in [0.2, 0.25) is 0 Å². The van der Waals surface area contributed by atoms with Gasteiger partial charge in [0.15, 0.2) is 5.82 Å². The van der Waals surface area contributed by atoms with Crippen molar-refractivity contribution in [3.63, 3.8) is 0 Å². The lowest BCUT2D eigenvalue weighted by molar-refractivity contribution is 0.149. The number of aliphatic hydroxyl groups excluding tert-OH is 1. The fraction of sp³-hybridized carbons (Fsp3) is 0.846. The van der Waals surface area contributed by atoms with Gasteiger partial charge in [-0.05, 0) is 25.7 Å². The standard InChI is InChI=1S/C13H24N4O2/c1-4-11(18)12-14-15-13(17(12)8-9-19-3)16(2)10-6-5-7-10/h10-11,18H,4-9H2,1-3H3. The minimum absolute atomic E-state index is 0.553. The van der Waals surface area contributed by atoms with E-state index in [4.69, 9.17) is 4.74 Å². The number of nitrogens with zero attached hydrogens (tertiary/aromatic N) is 4. The lowest BCUT2D eigenvalue weighted by Gasteiger charge is -2.35. The van der Waals surface area contributed by atoms with E-state index in [0.717, 1.165) is 5.95 Å². The molecule has 6 heteroatoms. The highest BCUT2D eigenvalue weighted by Gasteiger charge is 2.27. The van der Waals surface area contributed by atoms with E-state index in [1.807, 2.05) is 11.5 Å². The number of methoxy groups -OCH3 is 1. The lowest BCUT2D eigenvalue weighted by Crippen LogP contribution is -2.39. The van der Waals surface area contributed by atoms with Gasteiger partial charge >= 0.3 is 0 Å². The van der Waals surface area contributed by atoms with Gasteiger partial charge in [-0.25, -0.2) is 0 Å². The molecule has 1 aliphatic rings. The minimum Gasteiger partial charge on any atom is -0.385 e. The van der Waals surface area contributed by atoms with Crippen LogP contribution in [0.25, 0.3) is 0 Å². The van der Waals surface area contributed by atoms with Crippen molar-refractivity contribution in [2.45, 2.75) is 51.3 Å². The number of hydrogen-bond acceptors (Lipinski definition) is 5. The van der Waals surface area contributed by atoms with Gasteiger partial charge in [-0.1, -0.05) is 6.92 Å². The summed E-state index contributed by atoms with van der Waals surface area (Å²) in [7, 11) is 3.73. The van der Waals surface area contributed by atoms with Crippen LogP contribution < -0.4 is 4.90 Å². The van der Waals surface area contributed by atoms with E-state index < -0.39 is 6.10 Å². The Morgan fingerprint density at radius 3 is 2.74 bits per heavy atom. The molecule has 0 aliphatic heterocycles. The van der Waals surface area contributed by atoms with Crippen molar-refractivity contribution in [3.8, 4) is 0 Å². The summed E-state index contributed by atoms with van der Waals surface area (Å²) in [6.07, 6.45) is 3.77. The molecule has 0 spiro atoms. The number of ether oxygens (including phenoxy) is 1. The van der Waals surface area contributed by atoms with Crippen LogP contribution in [0.1, 0.15) is 44.5 Å². The summed E-state index contributed by atoms with van der Waals surface area (Å²) in [6, 6.07) is 0.553. The van der Waals surface area contributed by atoms with E-state index in [0.29, 0.717) is 31.4 Å². The normalized spacial score (nSPS) is 17.3. The zero-order valence-corrected chi connectivity index (χ0v) is 12.0. The van der Waals surface area contributed by atoms with Crippen LogP contribution in [0.3, 0.4) is 0 Å². The van der Waals surface area contributed by atoms with Crippen LogP contribution in [-0.2, 0) is 11.3 Å². The molecule has 0 amide bonds. The lowest BCUT2D eigenvalue weighted by atomic mass is 9.92. The molecule has 19 heavy (non-hydrogen) atoms. The first-order valence-electron chi connectivity index (χ1n) is 7.02. The van der Waals surface area contributed by atoms with Crippen LogP contribution >= 0.6 is 0 Å². The third kappa shape index (κ3) is 2.90. The van der Waals surface area contributed by atoms with Crippen molar-refractivity contribution in [2.24, 2.45) is 0 Å². The van der Waals surface area contributed by atoms with Gasteiger partial charge in [0, 0.05) is 20.2 Å². The second-order valence-electron chi connectivity index (χ2n) is 5.12. The SMILES string of the molecule is CCC(O)c1nnc(N(C)C2CCC2)n1CCOC. The molecular weight excluding hydrogens is 244 g/mol. The van der Waals surface area contributed by atoms with Crippen molar-refractivity contribution in [2.75, 3.05) is 25.7 Å². The molecule has 1 aromatic heterocycles. The molecule has 1 heterocycles. The fourth-order valence-electron chi connectivity index (χ4n) is 2.33. The predicted octanol–water partition coefficient (Wildman–Crippen LogP) is 1.36. The van der Waals surface area contributed by atoms with E-state index >= 15 is 0 Å². The number of anilines is 1. The molecule has 0 saturated heterocycles. The molecule has 1 saturated carbocycles. The van der Waals surface area contributed by atoms with E-state index in [1.54, 1.807) is 7.11 Å². The molecule has 2 rings (SSSR count). The van der Waals surface area contributed by atoms with Crippen LogP contribution in [0, 0.1) is 0 Å². The highest BCUT2D eigenvalue weighted by molar-refractivity contribution is 5.33. The van der Waals surface area contributed by atoms with Crippen molar-refractivity contribution in [1.29, 1.82) is 0 Å². The predicted molar refractivity (Wildman–Crippen MR) is 73.2 cm³/mol. The minimum atomic E-state index is -0.562. The second kappa shape index (κ2) is 6.34. The molecule has 1 atom stereocenters. The maximum absolute atomic E-state index is 10.0. The highest BCUT2D eigenvalue weighted by Crippen LogP contribution is 2.28. The molecule has 1 aliphatic carbocycles. The molecule has 6 nitrogen and oxygen atoms in total. The van der Waals surface area contributed by atoms with Crippen LogP contribution in [0.5, 0.6) is 0 Å². The van der Waals surface area contributed by atoms with Gasteiger partial charge in [0.2, 0.25) is 5.95 Å². The Bertz CT molecular complexity index is 403. The summed E-state index contributed by atoms with van der Waals surface area (Å²) in [5, 5.41) is 18.5. The summed E-state index contributed by atoms with van der Waals surface area (Å²) in [4.78, 5) is 2.18. The van der Waals surface area contributed by atoms with Gasteiger partial charge in [-0.2, -0.15) is 0 Å². The van der Waals surface area contributed by atoms with Gasteiger partial charge in [0.1, 0.15) is 6.10 Å². The number of hydrogen-bond donors (Lipinski definition) is 1. The van der Waals surface area contributed by atoms with E-state index in [9.17, 15) is 5.11 Å². The first-order valence-corrected chi connectivity index (χ1v) is 7.02. The smallest absolute Gasteiger partial charge is 0.227 e. The average Bonchev–Trinajstić information content (AvgIpc) is 2.76. The summed E-state index contributed by atoms with van der Waals surface area (Å²) >= 11 is 0. The third-order valence-electron chi connectivity index (χ3n) is 3.90. The summed E-state index contributed by atoms with van der Waals surface area (Å²) in [5.74, 6) is 1.48. The maximum atomic E-state index is 10.0. The fourth-order valence-corrected chi connectivity index (χ4v) is 2.33. The first kappa shape index (κ1) is 14.3. The average molecular weight is 268 g/mol. The maximum Gasteiger partial charge on any atom is 0.227 e. The number of aromatic nitrogens is 3. The third-order valence-corrected chi connectivity index (χ3v) is 3.90. The molecule has 108 valence electrons. The number of aliphatic hydroxyl groups is 1. The highest BCUT2D eigenvalue weighted by atomic mass is 16.5. The Labute approximate surface area is 114 Å². The molecular formula is C13H24N4O2. The molecule has 0 bridgehead atoms. The largest absolute Gasteiger partial charge is 0.385 e. The van der Waals surface area contributed by atoms with E-state index in [1.165, 1.54) is 19.3 Å². The molecule has 1 N–H and O–H groups in total. The summed E-state index contributed by atoms with van der Waals surface area (Å²) in [6.45, 7) is 3.20. The monoisotopic (exact) mass is 268 g/mol. The van der Waals surface area contributed by atoms with Crippen LogP contribution in [-0.4, -0.2) is 46.7 Å². The molecule has 0 aromatic carbocycles.